The standard InChI is InChI=1S/C19H33N5O2/c1-14(2)21(5)13-19(25)23-10-16-17(11-22-6-8-26-9-7-22)20-24(15(3)4)18(16)12-23/h14-15H,6-13H2,1-5H3. The molecule has 1 fully saturated rings. The molecule has 26 heavy (non-hydrogen) atoms. The van der Waals surface area contributed by atoms with Crippen LogP contribution in [-0.2, 0) is 29.2 Å². The monoisotopic (exact) mass is 363 g/mol. The lowest BCUT2D eigenvalue weighted by molar-refractivity contribution is -0.133. The average Bonchev–Trinajstić information content (AvgIpc) is 3.16. The first kappa shape index (κ1) is 19.3. The van der Waals surface area contributed by atoms with Gasteiger partial charge in [-0.2, -0.15) is 5.10 Å². The largest absolute Gasteiger partial charge is 0.379 e. The minimum Gasteiger partial charge on any atom is -0.379 e. The Morgan fingerprint density at radius 2 is 1.88 bits per heavy atom. The van der Waals surface area contributed by atoms with E-state index in [1.165, 1.54) is 11.3 Å². The van der Waals surface area contributed by atoms with Crippen molar-refractivity contribution in [2.45, 2.75) is 59.4 Å². The third kappa shape index (κ3) is 4.10. The van der Waals surface area contributed by atoms with Crippen molar-refractivity contribution in [3.05, 3.63) is 17.0 Å². The smallest absolute Gasteiger partial charge is 0.237 e. The zero-order chi connectivity index (χ0) is 18.8. The van der Waals surface area contributed by atoms with Crippen molar-refractivity contribution in [2.24, 2.45) is 0 Å². The molecule has 146 valence electrons. The summed E-state index contributed by atoms with van der Waals surface area (Å²) in [7, 11) is 2.01. The van der Waals surface area contributed by atoms with Gasteiger partial charge < -0.3 is 9.64 Å². The molecule has 1 aromatic heterocycles. The van der Waals surface area contributed by atoms with E-state index < -0.39 is 0 Å². The Kier molecular flexibility index (Phi) is 5.99. The van der Waals surface area contributed by atoms with E-state index >= 15 is 0 Å². The summed E-state index contributed by atoms with van der Waals surface area (Å²) in [6.07, 6.45) is 0. The number of fused-ring (bicyclic) bond motifs is 1. The van der Waals surface area contributed by atoms with Crippen LogP contribution < -0.4 is 0 Å². The second kappa shape index (κ2) is 8.06. The van der Waals surface area contributed by atoms with Crippen LogP contribution in [0.2, 0.25) is 0 Å². The van der Waals surface area contributed by atoms with E-state index in [-0.39, 0.29) is 5.91 Å². The average molecular weight is 364 g/mol. The number of carbonyl (C=O) groups is 1. The number of aromatic nitrogens is 2. The van der Waals surface area contributed by atoms with E-state index in [0.717, 1.165) is 38.5 Å². The zero-order valence-corrected chi connectivity index (χ0v) is 16.9. The molecule has 0 spiro atoms. The van der Waals surface area contributed by atoms with Gasteiger partial charge in [-0.1, -0.05) is 0 Å². The predicted molar refractivity (Wildman–Crippen MR) is 101 cm³/mol. The lowest BCUT2D eigenvalue weighted by Gasteiger charge is -2.26. The summed E-state index contributed by atoms with van der Waals surface area (Å²) in [6, 6.07) is 0.669. The van der Waals surface area contributed by atoms with Crippen LogP contribution in [0.5, 0.6) is 0 Å². The molecule has 0 N–H and O–H groups in total. The summed E-state index contributed by atoms with van der Waals surface area (Å²) >= 11 is 0. The molecule has 0 saturated carbocycles. The Balaban J connectivity index is 1.74. The predicted octanol–water partition coefficient (Wildman–Crippen LogP) is 1.48. The van der Waals surface area contributed by atoms with Crippen molar-refractivity contribution in [2.75, 3.05) is 39.9 Å². The number of hydrogen-bond acceptors (Lipinski definition) is 5. The molecule has 1 aromatic rings. The fraction of sp³-hybridized carbons (Fsp3) is 0.789. The highest BCUT2D eigenvalue weighted by Gasteiger charge is 2.32. The number of amides is 1. The molecule has 3 rings (SSSR count). The van der Waals surface area contributed by atoms with Gasteiger partial charge in [-0.3, -0.25) is 19.3 Å². The van der Waals surface area contributed by atoms with Gasteiger partial charge in [-0.15, -0.1) is 0 Å². The van der Waals surface area contributed by atoms with Crippen molar-refractivity contribution in [3.63, 3.8) is 0 Å². The van der Waals surface area contributed by atoms with Crippen LogP contribution in [0.4, 0.5) is 0 Å². The fourth-order valence-electron chi connectivity index (χ4n) is 3.53. The first-order chi connectivity index (χ1) is 12.4. The number of rotatable bonds is 6. The summed E-state index contributed by atoms with van der Waals surface area (Å²) in [4.78, 5) is 19.2. The molecule has 2 aliphatic heterocycles. The van der Waals surface area contributed by atoms with Gasteiger partial charge in [0, 0.05) is 43.8 Å². The lowest BCUT2D eigenvalue weighted by Crippen LogP contribution is -2.39. The second-order valence-electron chi connectivity index (χ2n) is 8.06. The molecule has 3 heterocycles. The highest BCUT2D eigenvalue weighted by molar-refractivity contribution is 5.79. The highest BCUT2D eigenvalue weighted by Crippen LogP contribution is 2.29. The molecule has 1 saturated heterocycles. The van der Waals surface area contributed by atoms with Crippen LogP contribution in [-0.4, -0.2) is 76.3 Å². The number of carbonyl (C=O) groups excluding carboxylic acids is 1. The van der Waals surface area contributed by atoms with Crippen LogP contribution in [0.3, 0.4) is 0 Å². The van der Waals surface area contributed by atoms with E-state index in [1.54, 1.807) is 0 Å². The Labute approximate surface area is 156 Å². The van der Waals surface area contributed by atoms with E-state index in [0.29, 0.717) is 31.7 Å². The Bertz CT molecular complexity index is 634. The van der Waals surface area contributed by atoms with Gasteiger partial charge in [-0.25, -0.2) is 0 Å². The van der Waals surface area contributed by atoms with Gasteiger partial charge in [0.05, 0.1) is 37.7 Å². The Morgan fingerprint density at radius 3 is 2.50 bits per heavy atom. The van der Waals surface area contributed by atoms with Crippen LogP contribution in [0, 0.1) is 0 Å². The van der Waals surface area contributed by atoms with Gasteiger partial charge in [0.15, 0.2) is 0 Å². The SMILES string of the molecule is CC(C)N(C)CC(=O)N1Cc2c(CN3CCOCC3)nn(C(C)C)c2C1. The highest BCUT2D eigenvalue weighted by atomic mass is 16.5. The van der Waals surface area contributed by atoms with Crippen molar-refractivity contribution in [1.29, 1.82) is 0 Å². The quantitative estimate of drug-likeness (QED) is 0.766. The minimum atomic E-state index is 0.199. The number of ether oxygens (including phenoxy) is 1. The minimum absolute atomic E-state index is 0.199. The molecule has 7 heteroatoms. The fourth-order valence-corrected chi connectivity index (χ4v) is 3.53. The van der Waals surface area contributed by atoms with E-state index in [1.807, 2.05) is 11.9 Å². The number of nitrogens with zero attached hydrogens (tertiary/aromatic N) is 5. The third-order valence-electron chi connectivity index (χ3n) is 5.48. The summed E-state index contributed by atoms with van der Waals surface area (Å²) in [5.41, 5.74) is 3.60. The molecule has 0 atom stereocenters. The zero-order valence-electron chi connectivity index (χ0n) is 16.9. The summed E-state index contributed by atoms with van der Waals surface area (Å²) in [5.74, 6) is 0.199. The van der Waals surface area contributed by atoms with Crippen molar-refractivity contribution in [1.82, 2.24) is 24.5 Å². The first-order valence-corrected chi connectivity index (χ1v) is 9.74. The summed E-state index contributed by atoms with van der Waals surface area (Å²) < 4.78 is 7.57. The molecular weight excluding hydrogens is 330 g/mol. The molecule has 0 aliphatic carbocycles. The van der Waals surface area contributed by atoms with E-state index in [9.17, 15) is 4.79 Å². The molecule has 0 radical (unpaired) electrons. The van der Waals surface area contributed by atoms with Gasteiger partial charge in [-0.05, 0) is 34.7 Å². The third-order valence-corrected chi connectivity index (χ3v) is 5.48. The molecular formula is C19H33N5O2. The van der Waals surface area contributed by atoms with Gasteiger partial charge in [0.1, 0.15) is 0 Å². The normalized spacial score (nSPS) is 18.4. The molecule has 0 unspecified atom stereocenters. The van der Waals surface area contributed by atoms with Crippen molar-refractivity contribution < 1.29 is 9.53 Å². The number of morpholine rings is 1. The maximum atomic E-state index is 12.7. The van der Waals surface area contributed by atoms with Crippen LogP contribution in [0.1, 0.15) is 50.7 Å². The molecule has 2 aliphatic rings. The van der Waals surface area contributed by atoms with Gasteiger partial charge >= 0.3 is 0 Å². The van der Waals surface area contributed by atoms with Gasteiger partial charge in [0.25, 0.3) is 0 Å². The molecule has 0 bridgehead atoms. The lowest BCUT2D eigenvalue weighted by atomic mass is 10.2. The maximum absolute atomic E-state index is 12.7. The number of hydrogen-bond donors (Lipinski definition) is 0. The Hall–Kier alpha value is -1.44. The number of likely N-dealkylation sites (N-methyl/N-ethyl adjacent to an activating group) is 1. The molecule has 1 amide bonds. The first-order valence-electron chi connectivity index (χ1n) is 9.74. The second-order valence-corrected chi connectivity index (χ2v) is 8.06. The Morgan fingerprint density at radius 1 is 1.19 bits per heavy atom. The summed E-state index contributed by atoms with van der Waals surface area (Å²) in [5, 5.41) is 4.89. The van der Waals surface area contributed by atoms with E-state index in [4.69, 9.17) is 9.84 Å². The van der Waals surface area contributed by atoms with Crippen LogP contribution >= 0.6 is 0 Å². The summed E-state index contributed by atoms with van der Waals surface area (Å²) in [6.45, 7) is 14.7. The van der Waals surface area contributed by atoms with Crippen LogP contribution in [0.25, 0.3) is 0 Å². The van der Waals surface area contributed by atoms with Crippen molar-refractivity contribution in [3.8, 4) is 0 Å². The van der Waals surface area contributed by atoms with Gasteiger partial charge in [0.2, 0.25) is 5.91 Å². The van der Waals surface area contributed by atoms with Crippen molar-refractivity contribution >= 4 is 5.91 Å². The van der Waals surface area contributed by atoms with Crippen LogP contribution in [0.15, 0.2) is 0 Å². The molecule has 7 nitrogen and oxygen atoms in total. The van der Waals surface area contributed by atoms with E-state index in [2.05, 4.69) is 42.2 Å². The molecule has 0 aromatic carbocycles. The maximum Gasteiger partial charge on any atom is 0.237 e. The topological polar surface area (TPSA) is 53.8 Å².